The van der Waals surface area contributed by atoms with E-state index in [-0.39, 0.29) is 28.7 Å². The molecule has 1 N–H and O–H groups in total. The molecule has 1 saturated carbocycles. The van der Waals surface area contributed by atoms with Gasteiger partial charge in [-0.15, -0.1) is 0 Å². The Hall–Kier alpha value is -3.50. The van der Waals surface area contributed by atoms with E-state index in [2.05, 4.69) is 19.6 Å². The number of anilines is 1. The number of ether oxygens (including phenoxy) is 1. The first-order valence-corrected chi connectivity index (χ1v) is 16.0. The van der Waals surface area contributed by atoms with Crippen LogP contribution in [0.5, 0.6) is 5.88 Å². The predicted molar refractivity (Wildman–Crippen MR) is 158 cm³/mol. The van der Waals surface area contributed by atoms with Gasteiger partial charge in [0.1, 0.15) is 6.10 Å². The van der Waals surface area contributed by atoms with Crippen molar-refractivity contribution in [3.63, 3.8) is 0 Å². The molecule has 3 aromatic rings. The van der Waals surface area contributed by atoms with Gasteiger partial charge in [0, 0.05) is 36.8 Å². The molecule has 1 saturated heterocycles. The smallest absolute Gasteiger partial charge is 0.264 e. The number of aromatic nitrogens is 2. The Labute approximate surface area is 242 Å². The molecule has 216 valence electrons. The van der Waals surface area contributed by atoms with Crippen LogP contribution in [0.4, 0.5) is 5.95 Å². The minimum absolute atomic E-state index is 0.0179. The fraction of sp³-hybridized carbons (Fsp3) is 0.452. The topological polar surface area (TPSA) is 105 Å². The predicted octanol–water partition coefficient (Wildman–Crippen LogP) is 4.66. The lowest BCUT2D eigenvalue weighted by atomic mass is 10.00. The zero-order chi connectivity index (χ0) is 28.6. The van der Waals surface area contributed by atoms with Gasteiger partial charge in [-0.25, -0.2) is 18.1 Å². The molecule has 10 heteroatoms. The molecule has 6 bridgehead atoms. The molecule has 0 spiro atoms. The summed E-state index contributed by atoms with van der Waals surface area (Å²) in [5.41, 5.74) is 3.83. The van der Waals surface area contributed by atoms with Crippen molar-refractivity contribution in [2.45, 2.75) is 57.0 Å². The number of sulfonamides is 1. The first-order valence-electron chi connectivity index (χ1n) is 14.5. The molecule has 2 aromatic carbocycles. The van der Waals surface area contributed by atoms with Gasteiger partial charge in [-0.2, -0.15) is 4.98 Å². The van der Waals surface area contributed by atoms with Crippen molar-refractivity contribution in [2.75, 3.05) is 37.4 Å². The molecular formula is C31H37N5O4S. The van der Waals surface area contributed by atoms with E-state index in [1.54, 1.807) is 23.1 Å². The summed E-state index contributed by atoms with van der Waals surface area (Å²) >= 11 is 0. The third-order valence-electron chi connectivity index (χ3n) is 8.53. The van der Waals surface area contributed by atoms with E-state index in [0.29, 0.717) is 30.9 Å². The number of nitrogens with zero attached hydrogens (tertiary/aromatic N) is 4. The quantitative estimate of drug-likeness (QED) is 0.483. The zero-order valence-corrected chi connectivity index (χ0v) is 24.5. The molecule has 1 amide bonds. The maximum atomic E-state index is 13.7. The molecule has 0 unspecified atom stereocenters. The molecule has 2 fully saturated rings. The Morgan fingerprint density at radius 3 is 2.51 bits per heavy atom. The van der Waals surface area contributed by atoms with E-state index in [9.17, 15) is 13.2 Å². The molecule has 1 aliphatic carbocycles. The van der Waals surface area contributed by atoms with Gasteiger partial charge in [-0.1, -0.05) is 49.9 Å². The van der Waals surface area contributed by atoms with Crippen LogP contribution in [0.2, 0.25) is 0 Å². The van der Waals surface area contributed by atoms with E-state index in [4.69, 9.17) is 4.74 Å². The minimum atomic E-state index is -4.06. The van der Waals surface area contributed by atoms with Crippen LogP contribution in [-0.4, -0.2) is 72.9 Å². The molecule has 41 heavy (non-hydrogen) atoms. The van der Waals surface area contributed by atoms with Crippen LogP contribution in [-0.2, 0) is 10.0 Å². The first kappa shape index (κ1) is 27.7. The number of fused-ring (bicyclic) bond motifs is 6. The Morgan fingerprint density at radius 2 is 1.73 bits per heavy atom. The number of hydrogen-bond acceptors (Lipinski definition) is 7. The number of carbonyl (C=O) groups is 1. The van der Waals surface area contributed by atoms with E-state index in [1.807, 2.05) is 32.0 Å². The average Bonchev–Trinajstić information content (AvgIpc) is 3.38. The Bertz CT molecular complexity index is 1530. The fourth-order valence-corrected chi connectivity index (χ4v) is 7.36. The van der Waals surface area contributed by atoms with E-state index in [0.717, 1.165) is 42.1 Å². The average molecular weight is 576 g/mol. The summed E-state index contributed by atoms with van der Waals surface area (Å²) in [4.78, 5) is 27.0. The van der Waals surface area contributed by atoms with Crippen LogP contribution < -0.4 is 9.46 Å². The van der Waals surface area contributed by atoms with Crippen LogP contribution >= 0.6 is 0 Å². The van der Waals surface area contributed by atoms with Gasteiger partial charge in [-0.3, -0.25) is 9.69 Å². The minimum Gasteiger partial charge on any atom is -0.471 e. The second-order valence-corrected chi connectivity index (χ2v) is 13.2. The second kappa shape index (κ2) is 11.4. The maximum absolute atomic E-state index is 13.7. The molecule has 3 heterocycles. The number of hydrogen-bond donors (Lipinski definition) is 1. The standard InChI is InChI=1S/C31H37N5O4S/c1-21-7-5-8-22(2)29(21)27-18-28-33-31(32-27)34-41(38,39)26-12-6-11-24(17-26)30(37)36-16-15-35(19-25(20-36)40-28)14-13-23-9-3-4-10-23/h5-8,11-12,17-18,23,25H,3-4,9-10,13-16,19-20H2,1-2H3,(H,32,33,34)/t25-/m1/s1. The number of benzene rings is 2. The van der Waals surface area contributed by atoms with Crippen molar-refractivity contribution in [2.24, 2.45) is 5.92 Å². The van der Waals surface area contributed by atoms with Crippen LogP contribution in [0.25, 0.3) is 11.3 Å². The Morgan fingerprint density at radius 1 is 0.976 bits per heavy atom. The van der Waals surface area contributed by atoms with E-state index in [1.165, 1.54) is 37.8 Å². The number of amides is 1. The molecule has 9 nitrogen and oxygen atoms in total. The number of carbonyl (C=O) groups excluding carboxylic acids is 1. The molecule has 2 aliphatic heterocycles. The van der Waals surface area contributed by atoms with Gasteiger partial charge in [-0.05, 0) is 62.1 Å². The van der Waals surface area contributed by atoms with Crippen LogP contribution in [0, 0.1) is 19.8 Å². The maximum Gasteiger partial charge on any atom is 0.264 e. The molecule has 1 atom stereocenters. The lowest BCUT2D eigenvalue weighted by Gasteiger charge is -2.26. The van der Waals surface area contributed by atoms with Crippen LogP contribution in [0.15, 0.2) is 53.4 Å². The highest BCUT2D eigenvalue weighted by molar-refractivity contribution is 7.92. The summed E-state index contributed by atoms with van der Waals surface area (Å²) < 4.78 is 35.9. The Balaban J connectivity index is 1.41. The Kier molecular flexibility index (Phi) is 7.70. The van der Waals surface area contributed by atoms with Gasteiger partial charge >= 0.3 is 0 Å². The van der Waals surface area contributed by atoms with Crippen molar-refractivity contribution in [3.8, 4) is 17.1 Å². The fourth-order valence-electron chi connectivity index (χ4n) is 6.37. The summed E-state index contributed by atoms with van der Waals surface area (Å²) in [6, 6.07) is 13.9. The van der Waals surface area contributed by atoms with E-state index < -0.39 is 10.0 Å². The molecule has 3 aliphatic rings. The highest BCUT2D eigenvalue weighted by Gasteiger charge is 2.30. The number of nitrogens with one attached hydrogen (secondary N) is 1. The van der Waals surface area contributed by atoms with Crippen LogP contribution in [0.3, 0.4) is 0 Å². The van der Waals surface area contributed by atoms with Gasteiger partial charge < -0.3 is 9.64 Å². The summed E-state index contributed by atoms with van der Waals surface area (Å²) in [6.07, 6.45) is 6.05. The molecule has 0 radical (unpaired) electrons. The lowest BCUT2D eigenvalue weighted by Crippen LogP contribution is -2.40. The summed E-state index contributed by atoms with van der Waals surface area (Å²) in [7, 11) is -4.06. The zero-order valence-electron chi connectivity index (χ0n) is 23.7. The van der Waals surface area contributed by atoms with Crippen molar-refractivity contribution >= 4 is 21.9 Å². The highest BCUT2D eigenvalue weighted by atomic mass is 32.2. The monoisotopic (exact) mass is 575 g/mol. The van der Waals surface area contributed by atoms with Gasteiger partial charge in [0.25, 0.3) is 15.9 Å². The van der Waals surface area contributed by atoms with Crippen molar-refractivity contribution < 1.29 is 17.9 Å². The number of rotatable bonds is 4. The van der Waals surface area contributed by atoms with Crippen molar-refractivity contribution in [3.05, 3.63) is 65.2 Å². The summed E-state index contributed by atoms with van der Waals surface area (Å²) in [5, 5.41) is 0. The first-order chi connectivity index (χ1) is 19.7. The van der Waals surface area contributed by atoms with Crippen LogP contribution in [0.1, 0.15) is 53.6 Å². The molecule has 1 aromatic heterocycles. The van der Waals surface area contributed by atoms with Gasteiger partial charge in [0.2, 0.25) is 11.8 Å². The number of aryl methyl sites for hydroxylation is 2. The van der Waals surface area contributed by atoms with Gasteiger partial charge in [0.15, 0.2) is 0 Å². The van der Waals surface area contributed by atoms with Crippen molar-refractivity contribution in [1.82, 2.24) is 19.8 Å². The summed E-state index contributed by atoms with van der Waals surface area (Å²) in [5.74, 6) is 0.769. The summed E-state index contributed by atoms with van der Waals surface area (Å²) in [6.45, 7) is 7.27. The van der Waals surface area contributed by atoms with Gasteiger partial charge in [0.05, 0.1) is 17.1 Å². The highest BCUT2D eigenvalue weighted by Crippen LogP contribution is 2.31. The normalized spacial score (nSPS) is 21.2. The van der Waals surface area contributed by atoms with E-state index >= 15 is 0 Å². The second-order valence-electron chi connectivity index (χ2n) is 11.5. The molecular weight excluding hydrogens is 538 g/mol. The third kappa shape index (κ3) is 6.08. The lowest BCUT2D eigenvalue weighted by molar-refractivity contribution is 0.0690. The molecule has 6 rings (SSSR count). The SMILES string of the molecule is Cc1cccc(C)c1-c1cc2nc(n1)NS(=O)(=O)c1cccc(c1)C(=O)N1CCN(CCC3CCCC3)C[C@H](C1)O2. The van der Waals surface area contributed by atoms with Crippen molar-refractivity contribution in [1.29, 1.82) is 0 Å². The third-order valence-corrected chi connectivity index (χ3v) is 9.86. The largest absolute Gasteiger partial charge is 0.471 e.